The summed E-state index contributed by atoms with van der Waals surface area (Å²) in [6.45, 7) is 3.50. The van der Waals surface area contributed by atoms with Crippen molar-refractivity contribution in [1.29, 1.82) is 0 Å². The number of sulfone groups is 1. The Morgan fingerprint density at radius 3 is 2.32 bits per heavy atom. The number of hydrogen-bond acceptors (Lipinski definition) is 4. The molecular weight excluding hydrogens is 266 g/mol. The van der Waals surface area contributed by atoms with Gasteiger partial charge in [-0.15, -0.1) is 0 Å². The third-order valence-electron chi connectivity index (χ3n) is 2.84. The number of rotatable bonds is 7. The van der Waals surface area contributed by atoms with Gasteiger partial charge in [-0.25, -0.2) is 8.42 Å². The average molecular weight is 285 g/mol. The summed E-state index contributed by atoms with van der Waals surface area (Å²) in [5, 5.41) is 8.90. The van der Waals surface area contributed by atoms with Crippen molar-refractivity contribution >= 4 is 21.5 Å². The maximum atomic E-state index is 11.5. The summed E-state index contributed by atoms with van der Waals surface area (Å²) in [6, 6.07) is 7.35. The zero-order valence-corrected chi connectivity index (χ0v) is 12.0. The Morgan fingerprint density at radius 1 is 1.26 bits per heavy atom. The van der Waals surface area contributed by atoms with Crippen LogP contribution in [-0.2, 0) is 14.6 Å². The number of benzene rings is 1. The highest BCUT2D eigenvalue weighted by Crippen LogP contribution is 2.15. The van der Waals surface area contributed by atoms with Gasteiger partial charge in [-0.2, -0.15) is 0 Å². The van der Waals surface area contributed by atoms with Crippen LogP contribution in [-0.4, -0.2) is 44.1 Å². The van der Waals surface area contributed by atoms with Gasteiger partial charge in [0.1, 0.15) is 6.54 Å². The Hall–Kier alpha value is -1.56. The van der Waals surface area contributed by atoms with Crippen LogP contribution in [0, 0.1) is 6.92 Å². The summed E-state index contributed by atoms with van der Waals surface area (Å²) in [7, 11) is -3.10. The maximum Gasteiger partial charge on any atom is 0.323 e. The van der Waals surface area contributed by atoms with Gasteiger partial charge in [-0.05, 0) is 19.1 Å². The second kappa shape index (κ2) is 6.56. The molecule has 0 spiro atoms. The predicted molar refractivity (Wildman–Crippen MR) is 75.4 cm³/mol. The number of aryl methyl sites for hydroxylation is 1. The summed E-state index contributed by atoms with van der Waals surface area (Å²) in [5.74, 6) is -0.943. The van der Waals surface area contributed by atoms with E-state index < -0.39 is 15.8 Å². The Kier molecular flexibility index (Phi) is 5.35. The summed E-state index contributed by atoms with van der Waals surface area (Å²) in [4.78, 5) is 12.4. The van der Waals surface area contributed by atoms with Crippen LogP contribution in [0.3, 0.4) is 0 Å². The molecule has 6 heteroatoms. The number of carboxylic acid groups (broad SMARTS) is 1. The van der Waals surface area contributed by atoms with Crippen LogP contribution < -0.4 is 4.90 Å². The molecule has 0 fully saturated rings. The second-order valence-electron chi connectivity index (χ2n) is 4.39. The van der Waals surface area contributed by atoms with Gasteiger partial charge in [-0.3, -0.25) is 4.79 Å². The Balaban J connectivity index is 2.83. The lowest BCUT2D eigenvalue weighted by molar-refractivity contribution is -0.135. The minimum atomic E-state index is -3.10. The Bertz CT molecular complexity index is 522. The van der Waals surface area contributed by atoms with E-state index in [4.69, 9.17) is 5.11 Å². The lowest BCUT2D eigenvalue weighted by Crippen LogP contribution is -2.34. The van der Waals surface area contributed by atoms with Crippen LogP contribution in [0.5, 0.6) is 0 Å². The van der Waals surface area contributed by atoms with Crippen LogP contribution in [0.4, 0.5) is 5.69 Å². The molecule has 1 N–H and O–H groups in total. The molecule has 106 valence electrons. The fraction of sp³-hybridized carbons (Fsp3) is 0.462. The van der Waals surface area contributed by atoms with E-state index in [2.05, 4.69) is 0 Å². The summed E-state index contributed by atoms with van der Waals surface area (Å²) in [5.41, 5.74) is 1.79. The second-order valence-corrected chi connectivity index (χ2v) is 6.86. The van der Waals surface area contributed by atoms with Crippen LogP contribution in [0.2, 0.25) is 0 Å². The minimum Gasteiger partial charge on any atom is -0.480 e. The molecule has 1 aromatic carbocycles. The van der Waals surface area contributed by atoms with E-state index in [1.807, 2.05) is 19.1 Å². The number of anilines is 1. The van der Waals surface area contributed by atoms with Crippen molar-refractivity contribution in [3.63, 3.8) is 0 Å². The molecule has 0 aromatic heterocycles. The molecule has 0 heterocycles. The zero-order valence-electron chi connectivity index (χ0n) is 11.2. The molecule has 5 nitrogen and oxygen atoms in total. The van der Waals surface area contributed by atoms with Gasteiger partial charge in [0.2, 0.25) is 0 Å². The molecule has 0 amide bonds. The highest BCUT2D eigenvalue weighted by atomic mass is 32.2. The molecule has 0 saturated heterocycles. The first-order valence-corrected chi connectivity index (χ1v) is 7.90. The monoisotopic (exact) mass is 285 g/mol. The quantitative estimate of drug-likeness (QED) is 0.818. The van der Waals surface area contributed by atoms with E-state index in [-0.39, 0.29) is 24.6 Å². The van der Waals surface area contributed by atoms with E-state index in [1.54, 1.807) is 24.0 Å². The SMILES string of the molecule is CCS(=O)(=O)CCN(CC(=O)O)c1ccc(C)cc1. The molecular formula is C13H19NO4S. The van der Waals surface area contributed by atoms with E-state index in [9.17, 15) is 13.2 Å². The number of hydrogen-bond donors (Lipinski definition) is 1. The normalized spacial score (nSPS) is 11.3. The first kappa shape index (κ1) is 15.5. The predicted octanol–water partition coefficient (Wildman–Crippen LogP) is 1.32. The average Bonchev–Trinajstić information content (AvgIpc) is 2.35. The molecule has 0 aliphatic heterocycles. The molecule has 0 aliphatic rings. The van der Waals surface area contributed by atoms with Gasteiger partial charge in [-0.1, -0.05) is 24.6 Å². The number of carboxylic acids is 1. The van der Waals surface area contributed by atoms with Crippen molar-refractivity contribution in [2.24, 2.45) is 0 Å². The Morgan fingerprint density at radius 2 is 1.84 bits per heavy atom. The zero-order chi connectivity index (χ0) is 14.5. The standard InChI is InChI=1S/C13H19NO4S/c1-3-19(17,18)9-8-14(10-13(15)16)12-6-4-11(2)5-7-12/h4-7H,3,8-10H2,1-2H3,(H,15,16). The smallest absolute Gasteiger partial charge is 0.323 e. The largest absolute Gasteiger partial charge is 0.480 e. The molecule has 19 heavy (non-hydrogen) atoms. The Labute approximate surface area is 113 Å². The number of carbonyl (C=O) groups is 1. The topological polar surface area (TPSA) is 74.7 Å². The van der Waals surface area contributed by atoms with Crippen molar-refractivity contribution in [3.8, 4) is 0 Å². The lowest BCUT2D eigenvalue weighted by atomic mass is 10.2. The van der Waals surface area contributed by atoms with Gasteiger partial charge in [0, 0.05) is 18.0 Å². The van der Waals surface area contributed by atoms with Crippen molar-refractivity contribution in [1.82, 2.24) is 0 Å². The van der Waals surface area contributed by atoms with Crippen molar-refractivity contribution in [2.45, 2.75) is 13.8 Å². The van der Waals surface area contributed by atoms with Crippen molar-refractivity contribution in [2.75, 3.05) is 29.5 Å². The third kappa shape index (κ3) is 5.30. The lowest BCUT2D eigenvalue weighted by Gasteiger charge is -2.22. The van der Waals surface area contributed by atoms with Crippen LogP contribution in [0.25, 0.3) is 0 Å². The molecule has 0 bridgehead atoms. The summed E-state index contributed by atoms with van der Waals surface area (Å²) in [6.07, 6.45) is 0. The van der Waals surface area contributed by atoms with Gasteiger partial charge in [0.25, 0.3) is 0 Å². The van der Waals surface area contributed by atoms with Gasteiger partial charge < -0.3 is 10.0 Å². The fourth-order valence-corrected chi connectivity index (χ4v) is 2.40. The highest BCUT2D eigenvalue weighted by molar-refractivity contribution is 7.91. The van der Waals surface area contributed by atoms with Gasteiger partial charge in [0.15, 0.2) is 9.84 Å². The van der Waals surface area contributed by atoms with E-state index in [1.165, 1.54) is 0 Å². The van der Waals surface area contributed by atoms with Crippen LogP contribution >= 0.6 is 0 Å². The molecule has 0 radical (unpaired) electrons. The van der Waals surface area contributed by atoms with Crippen LogP contribution in [0.1, 0.15) is 12.5 Å². The van der Waals surface area contributed by atoms with Gasteiger partial charge in [0.05, 0.1) is 5.75 Å². The van der Waals surface area contributed by atoms with Crippen molar-refractivity contribution in [3.05, 3.63) is 29.8 Å². The van der Waals surface area contributed by atoms with E-state index in [0.717, 1.165) is 11.3 Å². The molecule has 0 atom stereocenters. The molecule has 0 unspecified atom stereocenters. The van der Waals surface area contributed by atoms with E-state index >= 15 is 0 Å². The molecule has 1 rings (SSSR count). The van der Waals surface area contributed by atoms with Gasteiger partial charge >= 0.3 is 5.97 Å². The molecule has 0 saturated carbocycles. The molecule has 1 aromatic rings. The first-order chi connectivity index (χ1) is 8.84. The number of nitrogens with zero attached hydrogens (tertiary/aromatic N) is 1. The van der Waals surface area contributed by atoms with Crippen molar-refractivity contribution < 1.29 is 18.3 Å². The highest BCUT2D eigenvalue weighted by Gasteiger charge is 2.15. The fourth-order valence-electron chi connectivity index (χ4n) is 1.61. The first-order valence-electron chi connectivity index (χ1n) is 6.08. The minimum absolute atomic E-state index is 0.0370. The maximum absolute atomic E-state index is 11.5. The molecule has 0 aliphatic carbocycles. The van der Waals surface area contributed by atoms with Crippen LogP contribution in [0.15, 0.2) is 24.3 Å². The summed E-state index contributed by atoms with van der Waals surface area (Å²) < 4.78 is 23.0. The van der Waals surface area contributed by atoms with E-state index in [0.29, 0.717) is 0 Å². The third-order valence-corrected chi connectivity index (χ3v) is 4.52. The summed E-state index contributed by atoms with van der Waals surface area (Å²) >= 11 is 0. The number of aliphatic carboxylic acids is 1.